The Morgan fingerprint density at radius 2 is 1.85 bits per heavy atom. The zero-order valence-corrected chi connectivity index (χ0v) is 15.0. The second-order valence-corrected chi connectivity index (χ2v) is 6.22. The second-order valence-electron chi connectivity index (χ2n) is 5.79. The summed E-state index contributed by atoms with van der Waals surface area (Å²) in [4.78, 5) is 27.6. The quantitative estimate of drug-likeness (QED) is 0.553. The first kappa shape index (κ1) is 17.9. The normalized spacial score (nSPS) is 10.5. The average molecular weight is 371 g/mol. The van der Waals surface area contributed by atoms with E-state index in [9.17, 15) is 4.79 Å². The molecule has 0 atom stereocenters. The van der Waals surface area contributed by atoms with Crippen LogP contribution in [0.25, 0.3) is 0 Å². The first-order valence-electron chi connectivity index (χ1n) is 8.19. The number of H-pyrrole nitrogens is 1. The standard InChI is InChI=1S/C18H19ClN6O/c1-12-2-3-13(9-22-12)8-14-10-24-18(25-17(14)26)21-7-6-20-16-5-4-15(19)11-23-16/h2-5,9-11H,6-8H2,1H3,(H,20,23)(H2,21,24,25,26). The maximum atomic E-state index is 12.2. The van der Waals surface area contributed by atoms with Crippen LogP contribution in [0.5, 0.6) is 0 Å². The van der Waals surface area contributed by atoms with E-state index in [1.165, 1.54) is 0 Å². The monoisotopic (exact) mass is 370 g/mol. The van der Waals surface area contributed by atoms with Crippen LogP contribution in [-0.4, -0.2) is 33.0 Å². The van der Waals surface area contributed by atoms with Gasteiger partial charge in [-0.2, -0.15) is 0 Å². The molecule has 0 saturated heterocycles. The molecule has 0 fully saturated rings. The number of aromatic nitrogens is 4. The Hall–Kier alpha value is -2.93. The maximum absolute atomic E-state index is 12.2. The summed E-state index contributed by atoms with van der Waals surface area (Å²) < 4.78 is 0. The molecule has 0 aliphatic rings. The highest BCUT2D eigenvalue weighted by Gasteiger charge is 2.04. The predicted molar refractivity (Wildman–Crippen MR) is 103 cm³/mol. The van der Waals surface area contributed by atoms with Crippen molar-refractivity contribution in [2.45, 2.75) is 13.3 Å². The number of nitrogens with zero attached hydrogens (tertiary/aromatic N) is 3. The minimum atomic E-state index is -0.157. The van der Waals surface area contributed by atoms with Crippen LogP contribution < -0.4 is 16.2 Å². The van der Waals surface area contributed by atoms with Gasteiger partial charge in [0.05, 0.1) is 5.02 Å². The van der Waals surface area contributed by atoms with E-state index in [0.717, 1.165) is 17.1 Å². The number of hydrogen-bond donors (Lipinski definition) is 3. The molecule has 0 radical (unpaired) electrons. The molecule has 3 N–H and O–H groups in total. The van der Waals surface area contributed by atoms with Gasteiger partial charge in [-0.1, -0.05) is 17.7 Å². The van der Waals surface area contributed by atoms with Crippen molar-refractivity contribution in [3.63, 3.8) is 0 Å². The Labute approximate surface area is 155 Å². The molecule has 0 aliphatic carbocycles. The van der Waals surface area contributed by atoms with Gasteiger partial charge in [0.15, 0.2) is 0 Å². The van der Waals surface area contributed by atoms with E-state index in [0.29, 0.717) is 36.0 Å². The fourth-order valence-electron chi connectivity index (χ4n) is 2.31. The molecular formula is C18H19ClN6O. The average Bonchev–Trinajstić information content (AvgIpc) is 2.64. The van der Waals surface area contributed by atoms with Gasteiger partial charge >= 0.3 is 0 Å². The van der Waals surface area contributed by atoms with Crippen LogP contribution in [0.1, 0.15) is 16.8 Å². The summed E-state index contributed by atoms with van der Waals surface area (Å²) in [5.41, 5.74) is 2.37. The molecule has 3 rings (SSSR count). The molecule has 26 heavy (non-hydrogen) atoms. The maximum Gasteiger partial charge on any atom is 0.255 e. The van der Waals surface area contributed by atoms with Gasteiger partial charge in [0.1, 0.15) is 5.82 Å². The Morgan fingerprint density at radius 1 is 1.00 bits per heavy atom. The first-order chi connectivity index (χ1) is 12.6. The lowest BCUT2D eigenvalue weighted by molar-refractivity contribution is 0.976. The lowest BCUT2D eigenvalue weighted by atomic mass is 10.1. The van der Waals surface area contributed by atoms with Gasteiger partial charge in [0.25, 0.3) is 5.56 Å². The van der Waals surface area contributed by atoms with E-state index in [4.69, 9.17) is 11.6 Å². The van der Waals surface area contributed by atoms with Gasteiger partial charge in [-0.15, -0.1) is 0 Å². The molecule has 0 aromatic carbocycles. The van der Waals surface area contributed by atoms with Crippen molar-refractivity contribution in [2.75, 3.05) is 23.7 Å². The number of hydrogen-bond acceptors (Lipinski definition) is 6. The topological polar surface area (TPSA) is 95.6 Å². The highest BCUT2D eigenvalue weighted by Crippen LogP contribution is 2.09. The van der Waals surface area contributed by atoms with Crippen molar-refractivity contribution < 1.29 is 0 Å². The minimum Gasteiger partial charge on any atom is -0.368 e. The third-order valence-corrected chi connectivity index (χ3v) is 3.91. The molecule has 0 saturated carbocycles. The lowest BCUT2D eigenvalue weighted by Crippen LogP contribution is -2.20. The molecule has 0 spiro atoms. The number of pyridine rings is 2. The predicted octanol–water partition coefficient (Wildman–Crippen LogP) is 2.64. The largest absolute Gasteiger partial charge is 0.368 e. The molecule has 0 unspecified atom stereocenters. The van der Waals surface area contributed by atoms with Crippen molar-refractivity contribution in [1.29, 1.82) is 0 Å². The molecule has 3 aromatic rings. The molecule has 3 aromatic heterocycles. The molecule has 7 nitrogen and oxygen atoms in total. The van der Waals surface area contributed by atoms with Crippen LogP contribution in [0.2, 0.25) is 5.02 Å². The molecule has 8 heteroatoms. The SMILES string of the molecule is Cc1ccc(Cc2cnc(NCCNc3ccc(Cl)cn3)[nH]c2=O)cn1. The Morgan fingerprint density at radius 3 is 2.54 bits per heavy atom. The van der Waals surface area contributed by atoms with Gasteiger partial charge in [-0.25, -0.2) is 9.97 Å². The fourth-order valence-corrected chi connectivity index (χ4v) is 2.42. The summed E-state index contributed by atoms with van der Waals surface area (Å²) >= 11 is 5.79. The van der Waals surface area contributed by atoms with Crippen molar-refractivity contribution >= 4 is 23.4 Å². The number of aromatic amines is 1. The van der Waals surface area contributed by atoms with Gasteiger partial charge in [0.2, 0.25) is 5.95 Å². The van der Waals surface area contributed by atoms with Gasteiger partial charge in [-0.3, -0.25) is 14.8 Å². The number of aryl methyl sites for hydroxylation is 1. The molecule has 0 aliphatic heterocycles. The van der Waals surface area contributed by atoms with Crippen molar-refractivity contribution in [1.82, 2.24) is 19.9 Å². The molecule has 3 heterocycles. The number of nitrogens with one attached hydrogen (secondary N) is 3. The van der Waals surface area contributed by atoms with E-state index in [2.05, 4.69) is 30.6 Å². The summed E-state index contributed by atoms with van der Waals surface area (Å²) in [6, 6.07) is 7.46. The molecule has 0 bridgehead atoms. The van der Waals surface area contributed by atoms with Crippen molar-refractivity contribution in [3.8, 4) is 0 Å². The van der Waals surface area contributed by atoms with Gasteiger partial charge in [0, 0.05) is 49.4 Å². The number of anilines is 2. The van der Waals surface area contributed by atoms with E-state index in [1.807, 2.05) is 19.1 Å². The number of rotatable bonds is 7. The minimum absolute atomic E-state index is 0.157. The highest BCUT2D eigenvalue weighted by molar-refractivity contribution is 6.30. The fraction of sp³-hybridized carbons (Fsp3) is 0.222. The zero-order valence-electron chi connectivity index (χ0n) is 14.3. The van der Waals surface area contributed by atoms with Gasteiger partial charge < -0.3 is 10.6 Å². The van der Waals surface area contributed by atoms with E-state index in [1.54, 1.807) is 30.7 Å². The lowest BCUT2D eigenvalue weighted by Gasteiger charge is -2.08. The van der Waals surface area contributed by atoms with Crippen LogP contribution >= 0.6 is 11.6 Å². The molecule has 134 valence electrons. The van der Waals surface area contributed by atoms with Crippen LogP contribution in [0.3, 0.4) is 0 Å². The third kappa shape index (κ3) is 5.03. The van der Waals surface area contributed by atoms with Crippen LogP contribution in [-0.2, 0) is 6.42 Å². The zero-order chi connectivity index (χ0) is 18.4. The summed E-state index contributed by atoms with van der Waals surface area (Å²) in [6.07, 6.45) is 5.45. The van der Waals surface area contributed by atoms with E-state index < -0.39 is 0 Å². The smallest absolute Gasteiger partial charge is 0.255 e. The highest BCUT2D eigenvalue weighted by atomic mass is 35.5. The summed E-state index contributed by atoms with van der Waals surface area (Å²) in [5.74, 6) is 1.17. The van der Waals surface area contributed by atoms with Crippen LogP contribution in [0, 0.1) is 6.92 Å². The summed E-state index contributed by atoms with van der Waals surface area (Å²) in [7, 11) is 0. The van der Waals surface area contributed by atoms with Crippen molar-refractivity contribution in [3.05, 3.63) is 75.1 Å². The summed E-state index contributed by atoms with van der Waals surface area (Å²) in [5, 5.41) is 6.81. The van der Waals surface area contributed by atoms with Crippen LogP contribution in [0.4, 0.5) is 11.8 Å². The Bertz CT molecular complexity index is 908. The van der Waals surface area contributed by atoms with Crippen molar-refractivity contribution in [2.24, 2.45) is 0 Å². The molecule has 0 amide bonds. The van der Waals surface area contributed by atoms with Gasteiger partial charge in [-0.05, 0) is 30.7 Å². The molecular weight excluding hydrogens is 352 g/mol. The Balaban J connectivity index is 1.51. The Kier molecular flexibility index (Phi) is 5.80. The summed E-state index contributed by atoms with van der Waals surface area (Å²) in [6.45, 7) is 3.13. The van der Waals surface area contributed by atoms with Crippen LogP contribution in [0.15, 0.2) is 47.7 Å². The van der Waals surface area contributed by atoms with E-state index in [-0.39, 0.29) is 5.56 Å². The third-order valence-electron chi connectivity index (χ3n) is 3.69. The first-order valence-corrected chi connectivity index (χ1v) is 8.57. The second kappa shape index (κ2) is 8.44. The van der Waals surface area contributed by atoms with E-state index >= 15 is 0 Å². The number of halogens is 1.